The van der Waals surface area contributed by atoms with Gasteiger partial charge in [0.25, 0.3) is 0 Å². The van der Waals surface area contributed by atoms with E-state index in [4.69, 9.17) is 4.74 Å². The average Bonchev–Trinajstić information content (AvgIpc) is 2.07. The fraction of sp³-hybridized carbons (Fsp3) is 0.556. The van der Waals surface area contributed by atoms with Gasteiger partial charge in [0.15, 0.2) is 0 Å². The van der Waals surface area contributed by atoms with Crippen molar-refractivity contribution in [1.82, 2.24) is 4.90 Å². The van der Waals surface area contributed by atoms with E-state index < -0.39 is 0 Å². The Morgan fingerprint density at radius 1 is 1.45 bits per heavy atom. The van der Waals surface area contributed by atoms with Crippen molar-refractivity contribution in [2.24, 2.45) is 0 Å². The summed E-state index contributed by atoms with van der Waals surface area (Å²) < 4.78 is 5.23. The summed E-state index contributed by atoms with van der Waals surface area (Å²) in [5, 5.41) is 0. The quantitative estimate of drug-likeness (QED) is 0.556. The first-order chi connectivity index (χ1) is 5.34. The molecule has 11 heavy (non-hydrogen) atoms. The van der Waals surface area contributed by atoms with Gasteiger partial charge < -0.3 is 9.64 Å². The molecule has 0 bridgehead atoms. The molecule has 0 aromatic rings. The van der Waals surface area contributed by atoms with Gasteiger partial charge in [0.1, 0.15) is 0 Å². The highest BCUT2D eigenvalue weighted by Gasteiger charge is 2.08. The number of hydrogen-bond acceptors (Lipinski definition) is 2. The van der Waals surface area contributed by atoms with Crippen molar-refractivity contribution in [3.05, 3.63) is 24.4 Å². The summed E-state index contributed by atoms with van der Waals surface area (Å²) in [6, 6.07) is 0. The molecule has 1 rings (SSSR count). The van der Waals surface area contributed by atoms with Gasteiger partial charge in [-0.2, -0.15) is 0 Å². The van der Waals surface area contributed by atoms with Gasteiger partial charge in [-0.25, -0.2) is 0 Å². The van der Waals surface area contributed by atoms with E-state index in [1.54, 1.807) is 0 Å². The molecule has 62 valence electrons. The van der Waals surface area contributed by atoms with Crippen LogP contribution in [0.4, 0.5) is 0 Å². The van der Waals surface area contributed by atoms with E-state index in [0.717, 1.165) is 26.3 Å². The predicted molar refractivity (Wildman–Crippen MR) is 46.3 cm³/mol. The highest BCUT2D eigenvalue weighted by molar-refractivity contribution is 5.07. The third-order valence-electron chi connectivity index (χ3n) is 1.87. The molecule has 0 aromatic heterocycles. The third kappa shape index (κ3) is 2.39. The fourth-order valence-electron chi connectivity index (χ4n) is 1.19. The summed E-state index contributed by atoms with van der Waals surface area (Å²) in [6.45, 7) is 9.48. The SMILES string of the molecule is C=C/C=C(\C)N1CCOCC1. The van der Waals surface area contributed by atoms with E-state index in [2.05, 4.69) is 18.4 Å². The molecule has 0 atom stereocenters. The van der Waals surface area contributed by atoms with Crippen LogP contribution in [0, 0.1) is 0 Å². The van der Waals surface area contributed by atoms with Gasteiger partial charge in [0.05, 0.1) is 13.2 Å². The second-order valence-corrected chi connectivity index (χ2v) is 2.64. The zero-order valence-electron chi connectivity index (χ0n) is 7.05. The van der Waals surface area contributed by atoms with Crippen LogP contribution < -0.4 is 0 Å². The van der Waals surface area contributed by atoms with Crippen LogP contribution in [-0.4, -0.2) is 31.2 Å². The number of nitrogens with zero attached hydrogens (tertiary/aromatic N) is 1. The minimum atomic E-state index is 0.850. The summed E-state index contributed by atoms with van der Waals surface area (Å²) in [4.78, 5) is 2.31. The number of allylic oxidation sites excluding steroid dienone is 3. The molecule has 2 heteroatoms. The lowest BCUT2D eigenvalue weighted by Gasteiger charge is -2.29. The van der Waals surface area contributed by atoms with Gasteiger partial charge in [-0.3, -0.25) is 0 Å². The Hall–Kier alpha value is -0.760. The molecule has 0 unspecified atom stereocenters. The van der Waals surface area contributed by atoms with Crippen molar-refractivity contribution in [3.8, 4) is 0 Å². The largest absolute Gasteiger partial charge is 0.378 e. The van der Waals surface area contributed by atoms with Crippen molar-refractivity contribution in [1.29, 1.82) is 0 Å². The number of rotatable bonds is 2. The molecule has 1 saturated heterocycles. The molecule has 0 radical (unpaired) electrons. The van der Waals surface area contributed by atoms with Crippen LogP contribution in [0.5, 0.6) is 0 Å². The van der Waals surface area contributed by atoms with Crippen molar-refractivity contribution < 1.29 is 4.74 Å². The van der Waals surface area contributed by atoms with E-state index in [-0.39, 0.29) is 0 Å². The normalized spacial score (nSPS) is 20.1. The van der Waals surface area contributed by atoms with Crippen molar-refractivity contribution in [3.63, 3.8) is 0 Å². The van der Waals surface area contributed by atoms with Crippen molar-refractivity contribution >= 4 is 0 Å². The zero-order valence-corrected chi connectivity index (χ0v) is 7.05. The maximum atomic E-state index is 5.23. The van der Waals surface area contributed by atoms with Gasteiger partial charge in [-0.05, 0) is 13.0 Å². The van der Waals surface area contributed by atoms with Gasteiger partial charge >= 0.3 is 0 Å². The zero-order chi connectivity index (χ0) is 8.10. The lowest BCUT2D eigenvalue weighted by molar-refractivity contribution is 0.0537. The Morgan fingerprint density at radius 2 is 2.09 bits per heavy atom. The second kappa shape index (κ2) is 4.19. The van der Waals surface area contributed by atoms with Crippen LogP contribution in [0.25, 0.3) is 0 Å². The van der Waals surface area contributed by atoms with Crippen LogP contribution in [-0.2, 0) is 4.74 Å². The topological polar surface area (TPSA) is 12.5 Å². The van der Waals surface area contributed by atoms with Crippen LogP contribution in [0.3, 0.4) is 0 Å². The van der Waals surface area contributed by atoms with Crippen LogP contribution in [0.1, 0.15) is 6.92 Å². The molecule has 0 amide bonds. The van der Waals surface area contributed by atoms with E-state index in [1.807, 2.05) is 12.2 Å². The third-order valence-corrected chi connectivity index (χ3v) is 1.87. The molecule has 1 aliphatic heterocycles. The van der Waals surface area contributed by atoms with Gasteiger partial charge in [-0.1, -0.05) is 12.7 Å². The van der Waals surface area contributed by atoms with Crippen molar-refractivity contribution in [2.75, 3.05) is 26.3 Å². The molecule has 1 aliphatic rings. The molecule has 1 fully saturated rings. The number of ether oxygens (including phenoxy) is 1. The maximum Gasteiger partial charge on any atom is 0.0642 e. The summed E-state index contributed by atoms with van der Waals surface area (Å²) in [5.74, 6) is 0. The van der Waals surface area contributed by atoms with E-state index in [9.17, 15) is 0 Å². The molecule has 1 heterocycles. The maximum absolute atomic E-state index is 5.23. The Kier molecular flexibility index (Phi) is 3.17. The summed E-state index contributed by atoms with van der Waals surface area (Å²) in [7, 11) is 0. The van der Waals surface area contributed by atoms with Crippen LogP contribution in [0.2, 0.25) is 0 Å². The lowest BCUT2D eigenvalue weighted by Crippen LogP contribution is -2.34. The standard InChI is InChI=1S/C9H15NO/c1-3-4-9(2)10-5-7-11-8-6-10/h3-4H,1,5-8H2,2H3/b9-4+. The highest BCUT2D eigenvalue weighted by atomic mass is 16.5. The predicted octanol–water partition coefficient (Wildman–Crippen LogP) is 1.41. The Bertz CT molecular complexity index is 157. The van der Waals surface area contributed by atoms with Gasteiger partial charge in [0.2, 0.25) is 0 Å². The Balaban J connectivity index is 2.44. The minimum absolute atomic E-state index is 0.850. The number of morpholine rings is 1. The van der Waals surface area contributed by atoms with Crippen LogP contribution in [0.15, 0.2) is 24.4 Å². The smallest absolute Gasteiger partial charge is 0.0642 e. The van der Waals surface area contributed by atoms with Gasteiger partial charge in [-0.15, -0.1) is 0 Å². The van der Waals surface area contributed by atoms with Crippen LogP contribution >= 0.6 is 0 Å². The first-order valence-electron chi connectivity index (χ1n) is 3.96. The van der Waals surface area contributed by atoms with Crippen molar-refractivity contribution in [2.45, 2.75) is 6.92 Å². The molecule has 0 aliphatic carbocycles. The van der Waals surface area contributed by atoms with E-state index in [0.29, 0.717) is 0 Å². The van der Waals surface area contributed by atoms with E-state index >= 15 is 0 Å². The molecule has 0 spiro atoms. The summed E-state index contributed by atoms with van der Waals surface area (Å²) in [5.41, 5.74) is 1.28. The fourth-order valence-corrected chi connectivity index (χ4v) is 1.19. The highest BCUT2D eigenvalue weighted by Crippen LogP contribution is 2.05. The first kappa shape index (κ1) is 8.34. The number of hydrogen-bond donors (Lipinski definition) is 0. The summed E-state index contributed by atoms with van der Waals surface area (Å²) >= 11 is 0. The lowest BCUT2D eigenvalue weighted by atomic mass is 10.3. The monoisotopic (exact) mass is 153 g/mol. The average molecular weight is 153 g/mol. The Morgan fingerprint density at radius 3 is 2.64 bits per heavy atom. The van der Waals surface area contributed by atoms with Gasteiger partial charge in [0, 0.05) is 18.8 Å². The van der Waals surface area contributed by atoms with E-state index in [1.165, 1.54) is 5.70 Å². The molecule has 0 N–H and O–H groups in total. The molecule has 0 aromatic carbocycles. The second-order valence-electron chi connectivity index (χ2n) is 2.64. The minimum Gasteiger partial charge on any atom is -0.378 e. The molecule has 0 saturated carbocycles. The summed E-state index contributed by atoms with van der Waals surface area (Å²) in [6.07, 6.45) is 3.86. The molecular formula is C9H15NO. The first-order valence-corrected chi connectivity index (χ1v) is 3.96. The molecule has 2 nitrogen and oxygen atoms in total. The molecular weight excluding hydrogens is 138 g/mol. The Labute approximate surface area is 68.1 Å².